The SMILES string of the molecule is CNc1cc(CCCc2cc(C(=O)O)c(NC)cc2OC)ccc1C(=O)O. The highest BCUT2D eigenvalue weighted by atomic mass is 16.5. The van der Waals surface area contributed by atoms with E-state index in [2.05, 4.69) is 10.6 Å². The number of rotatable bonds is 9. The van der Waals surface area contributed by atoms with Gasteiger partial charge >= 0.3 is 11.9 Å². The lowest BCUT2D eigenvalue weighted by molar-refractivity contribution is 0.0687. The first-order chi connectivity index (χ1) is 12.9. The van der Waals surface area contributed by atoms with Crippen LogP contribution in [0, 0.1) is 0 Å². The van der Waals surface area contributed by atoms with E-state index >= 15 is 0 Å². The van der Waals surface area contributed by atoms with Gasteiger partial charge in [-0.2, -0.15) is 0 Å². The van der Waals surface area contributed by atoms with Crippen LogP contribution in [0.15, 0.2) is 30.3 Å². The van der Waals surface area contributed by atoms with Gasteiger partial charge in [0, 0.05) is 25.8 Å². The van der Waals surface area contributed by atoms with Crippen LogP contribution in [0.1, 0.15) is 38.3 Å². The fraction of sp³-hybridized carbons (Fsp3) is 0.300. The number of anilines is 2. The average molecular weight is 372 g/mol. The Labute approximate surface area is 158 Å². The summed E-state index contributed by atoms with van der Waals surface area (Å²) in [5.74, 6) is -1.32. The maximum absolute atomic E-state index is 11.4. The van der Waals surface area contributed by atoms with Crippen LogP contribution in [0.25, 0.3) is 0 Å². The Morgan fingerprint density at radius 1 is 0.926 bits per heavy atom. The second-order valence-corrected chi connectivity index (χ2v) is 6.05. The quantitative estimate of drug-likeness (QED) is 0.534. The molecule has 0 heterocycles. The Morgan fingerprint density at radius 2 is 1.56 bits per heavy atom. The minimum Gasteiger partial charge on any atom is -0.496 e. The van der Waals surface area contributed by atoms with E-state index in [4.69, 9.17) is 4.74 Å². The fourth-order valence-electron chi connectivity index (χ4n) is 3.02. The lowest BCUT2D eigenvalue weighted by Gasteiger charge is -2.14. The highest BCUT2D eigenvalue weighted by Gasteiger charge is 2.15. The topological polar surface area (TPSA) is 108 Å². The van der Waals surface area contributed by atoms with Gasteiger partial charge < -0.3 is 25.6 Å². The molecule has 0 spiro atoms. The van der Waals surface area contributed by atoms with Crippen molar-refractivity contribution in [1.29, 1.82) is 0 Å². The molecule has 0 aromatic heterocycles. The molecule has 0 aliphatic carbocycles. The maximum atomic E-state index is 11.4. The molecule has 2 rings (SSSR count). The van der Waals surface area contributed by atoms with Crippen molar-refractivity contribution in [3.63, 3.8) is 0 Å². The van der Waals surface area contributed by atoms with Gasteiger partial charge in [-0.1, -0.05) is 6.07 Å². The standard InChI is InChI=1S/C20H24N2O5/c1-21-16-9-12(7-8-14(16)19(23)24)5-4-6-13-10-15(20(25)26)17(22-2)11-18(13)27-3/h7-11,21-22H,4-6H2,1-3H3,(H,23,24)(H,25,26). The van der Waals surface area contributed by atoms with Crippen molar-refractivity contribution in [3.05, 3.63) is 52.6 Å². The summed E-state index contributed by atoms with van der Waals surface area (Å²) >= 11 is 0. The summed E-state index contributed by atoms with van der Waals surface area (Å²) in [4.78, 5) is 22.6. The monoisotopic (exact) mass is 372 g/mol. The van der Waals surface area contributed by atoms with Gasteiger partial charge in [0.15, 0.2) is 0 Å². The molecular weight excluding hydrogens is 348 g/mol. The molecule has 0 bridgehead atoms. The van der Waals surface area contributed by atoms with Crippen LogP contribution in [0.3, 0.4) is 0 Å². The predicted octanol–water partition coefficient (Wildman–Crippen LogP) is 3.35. The number of benzene rings is 2. The molecule has 0 saturated carbocycles. The molecule has 0 amide bonds. The van der Waals surface area contributed by atoms with Crippen molar-refractivity contribution in [1.82, 2.24) is 0 Å². The number of aryl methyl sites for hydroxylation is 2. The van der Waals surface area contributed by atoms with E-state index < -0.39 is 11.9 Å². The molecule has 0 fully saturated rings. The second kappa shape index (κ2) is 8.93. The summed E-state index contributed by atoms with van der Waals surface area (Å²) in [6.45, 7) is 0. The third-order valence-corrected chi connectivity index (χ3v) is 4.42. The van der Waals surface area contributed by atoms with Crippen LogP contribution in [-0.4, -0.2) is 43.4 Å². The molecule has 2 aromatic rings. The van der Waals surface area contributed by atoms with Gasteiger partial charge in [-0.3, -0.25) is 0 Å². The van der Waals surface area contributed by atoms with Crippen LogP contribution in [0.4, 0.5) is 11.4 Å². The summed E-state index contributed by atoms with van der Waals surface area (Å²) in [5.41, 5.74) is 3.35. The Kier molecular flexibility index (Phi) is 6.65. The Hall–Kier alpha value is -3.22. The van der Waals surface area contributed by atoms with Crippen molar-refractivity contribution < 1.29 is 24.5 Å². The van der Waals surface area contributed by atoms with E-state index in [1.807, 2.05) is 6.07 Å². The highest BCUT2D eigenvalue weighted by molar-refractivity contribution is 5.95. The van der Waals surface area contributed by atoms with Gasteiger partial charge in [0.2, 0.25) is 0 Å². The number of nitrogens with one attached hydrogen (secondary N) is 2. The Bertz CT molecular complexity index is 849. The maximum Gasteiger partial charge on any atom is 0.337 e. The zero-order chi connectivity index (χ0) is 20.0. The van der Waals surface area contributed by atoms with E-state index in [-0.39, 0.29) is 11.1 Å². The van der Waals surface area contributed by atoms with Crippen LogP contribution >= 0.6 is 0 Å². The molecule has 0 saturated heterocycles. The number of carboxylic acid groups (broad SMARTS) is 2. The minimum absolute atomic E-state index is 0.205. The largest absolute Gasteiger partial charge is 0.496 e. The summed E-state index contributed by atoms with van der Waals surface area (Å²) < 4.78 is 5.40. The zero-order valence-corrected chi connectivity index (χ0v) is 15.6. The molecule has 7 heteroatoms. The van der Waals surface area contributed by atoms with Crippen molar-refractivity contribution in [2.75, 3.05) is 31.8 Å². The first-order valence-electron chi connectivity index (χ1n) is 8.57. The third-order valence-electron chi connectivity index (χ3n) is 4.42. The van der Waals surface area contributed by atoms with Gasteiger partial charge in [-0.05, 0) is 48.6 Å². The highest BCUT2D eigenvalue weighted by Crippen LogP contribution is 2.29. The number of hydrogen-bond donors (Lipinski definition) is 4. The number of carbonyl (C=O) groups is 2. The lowest BCUT2D eigenvalue weighted by atomic mass is 9.99. The smallest absolute Gasteiger partial charge is 0.337 e. The number of hydrogen-bond acceptors (Lipinski definition) is 5. The van der Waals surface area contributed by atoms with Gasteiger partial charge in [0.05, 0.1) is 23.9 Å². The minimum atomic E-state index is -0.994. The van der Waals surface area contributed by atoms with E-state index in [0.29, 0.717) is 23.5 Å². The first-order valence-corrected chi connectivity index (χ1v) is 8.57. The van der Waals surface area contributed by atoms with Crippen LogP contribution in [0.2, 0.25) is 0 Å². The van der Waals surface area contributed by atoms with E-state index in [9.17, 15) is 19.8 Å². The van der Waals surface area contributed by atoms with Crippen LogP contribution < -0.4 is 15.4 Å². The molecular formula is C20H24N2O5. The predicted molar refractivity (Wildman–Crippen MR) is 104 cm³/mol. The zero-order valence-electron chi connectivity index (χ0n) is 15.6. The fourth-order valence-corrected chi connectivity index (χ4v) is 3.02. The van der Waals surface area contributed by atoms with Crippen LogP contribution in [-0.2, 0) is 12.8 Å². The normalized spacial score (nSPS) is 10.3. The number of ether oxygens (including phenoxy) is 1. The second-order valence-electron chi connectivity index (χ2n) is 6.05. The summed E-state index contributed by atoms with van der Waals surface area (Å²) in [5, 5.41) is 24.3. The number of aromatic carboxylic acids is 2. The molecule has 144 valence electrons. The molecule has 7 nitrogen and oxygen atoms in total. The molecule has 2 aromatic carbocycles. The first kappa shape index (κ1) is 20.1. The summed E-state index contributed by atoms with van der Waals surface area (Å²) in [7, 11) is 4.91. The number of methoxy groups -OCH3 is 1. The van der Waals surface area contributed by atoms with Gasteiger partial charge in [0.1, 0.15) is 5.75 Å². The van der Waals surface area contributed by atoms with Crippen molar-refractivity contribution in [2.24, 2.45) is 0 Å². The summed E-state index contributed by atoms with van der Waals surface area (Å²) in [6, 6.07) is 8.55. The van der Waals surface area contributed by atoms with E-state index in [1.165, 1.54) is 0 Å². The van der Waals surface area contributed by atoms with Crippen molar-refractivity contribution in [2.45, 2.75) is 19.3 Å². The third kappa shape index (κ3) is 4.69. The molecule has 0 aliphatic heterocycles. The molecule has 0 unspecified atom stereocenters. The molecule has 27 heavy (non-hydrogen) atoms. The lowest BCUT2D eigenvalue weighted by Crippen LogP contribution is -2.06. The summed E-state index contributed by atoms with van der Waals surface area (Å²) in [6.07, 6.45) is 2.14. The van der Waals surface area contributed by atoms with Gasteiger partial charge in [-0.25, -0.2) is 9.59 Å². The van der Waals surface area contributed by atoms with E-state index in [0.717, 1.165) is 24.0 Å². The molecule has 0 radical (unpaired) electrons. The van der Waals surface area contributed by atoms with Crippen LogP contribution in [0.5, 0.6) is 5.75 Å². The Balaban J connectivity index is 2.16. The molecule has 0 aliphatic rings. The van der Waals surface area contributed by atoms with Gasteiger partial charge in [0.25, 0.3) is 0 Å². The van der Waals surface area contributed by atoms with Gasteiger partial charge in [-0.15, -0.1) is 0 Å². The number of carboxylic acids is 2. The Morgan fingerprint density at radius 3 is 2.11 bits per heavy atom. The van der Waals surface area contributed by atoms with Crippen molar-refractivity contribution >= 4 is 23.3 Å². The van der Waals surface area contributed by atoms with E-state index in [1.54, 1.807) is 45.5 Å². The molecule has 0 atom stereocenters. The average Bonchev–Trinajstić information content (AvgIpc) is 2.66. The van der Waals surface area contributed by atoms with Crippen molar-refractivity contribution in [3.8, 4) is 5.75 Å². The molecule has 4 N–H and O–H groups in total.